The van der Waals surface area contributed by atoms with Crippen molar-refractivity contribution >= 4 is 45.4 Å². The van der Waals surface area contributed by atoms with Crippen molar-refractivity contribution < 1.29 is 31.7 Å². The topological polar surface area (TPSA) is 122 Å². The molecular weight excluding hydrogens is 419 g/mol. The van der Waals surface area contributed by atoms with E-state index in [2.05, 4.69) is 0 Å². The molecular formula is C19H20B3NO7S. The Bertz CT molecular complexity index is 1180. The second-order valence-electron chi connectivity index (χ2n) is 7.64. The Hall–Kier alpha value is -3.14. The minimum absolute atomic E-state index is 0.198. The lowest BCUT2D eigenvalue weighted by Crippen LogP contribution is -2.40. The van der Waals surface area contributed by atoms with E-state index in [1.165, 1.54) is 42.8 Å². The van der Waals surface area contributed by atoms with E-state index in [1.807, 2.05) is 0 Å². The maximum Gasteiger partial charge on any atom is 0.337 e. The van der Waals surface area contributed by atoms with Crippen molar-refractivity contribution in [2.24, 2.45) is 5.73 Å². The van der Waals surface area contributed by atoms with Crippen LogP contribution in [0.2, 0.25) is 0 Å². The van der Waals surface area contributed by atoms with Gasteiger partial charge in [0.2, 0.25) is 17.4 Å². The lowest BCUT2D eigenvalue weighted by atomic mass is 9.65. The van der Waals surface area contributed by atoms with Crippen LogP contribution in [0.1, 0.15) is 21.5 Å². The zero-order chi connectivity index (χ0) is 23.0. The third-order valence-electron chi connectivity index (χ3n) is 5.30. The van der Waals surface area contributed by atoms with Crippen molar-refractivity contribution in [3.05, 3.63) is 82.9 Å². The summed E-state index contributed by atoms with van der Waals surface area (Å²) in [7, 11) is 1.25. The fraction of sp³-hybridized carbons (Fsp3) is 0.158. The summed E-state index contributed by atoms with van der Waals surface area (Å²) in [6, 6.07) is 14.5. The van der Waals surface area contributed by atoms with E-state index in [9.17, 15) is 18.0 Å². The number of hydrogen-bond acceptors (Lipinski definition) is 8. The van der Waals surface area contributed by atoms with Gasteiger partial charge in [-0.05, 0) is 23.3 Å². The van der Waals surface area contributed by atoms with Gasteiger partial charge in [-0.2, -0.15) is 8.42 Å². The van der Waals surface area contributed by atoms with Crippen molar-refractivity contribution in [2.45, 2.75) is 10.0 Å². The van der Waals surface area contributed by atoms with Crippen molar-refractivity contribution in [3.63, 3.8) is 0 Å². The molecule has 1 aliphatic heterocycles. The van der Waals surface area contributed by atoms with Crippen LogP contribution in [0.5, 0.6) is 0 Å². The molecule has 1 aliphatic rings. The number of carbonyl (C=O) groups excluding carboxylic acids is 2. The van der Waals surface area contributed by atoms with Gasteiger partial charge in [0.15, 0.2) is 13.3 Å². The van der Waals surface area contributed by atoms with Gasteiger partial charge in [-0.1, -0.05) is 42.5 Å². The number of ether oxygens (including phenoxy) is 2. The Morgan fingerprint density at radius 1 is 1.13 bits per heavy atom. The molecule has 0 saturated carbocycles. The van der Waals surface area contributed by atoms with E-state index in [0.29, 0.717) is 11.1 Å². The summed E-state index contributed by atoms with van der Waals surface area (Å²) in [5, 5.41) is 0. The number of hydrogen-bond donors (Lipinski definition) is 1. The summed E-state index contributed by atoms with van der Waals surface area (Å²) in [6.45, 7) is 0. The molecule has 12 heteroatoms. The molecule has 0 fully saturated rings. The quantitative estimate of drug-likeness (QED) is 0.325. The van der Waals surface area contributed by atoms with Crippen LogP contribution in [0.25, 0.3) is 0 Å². The van der Waals surface area contributed by atoms with Crippen LogP contribution in [0.15, 0.2) is 66.2 Å². The van der Waals surface area contributed by atoms with Gasteiger partial charge in [0.25, 0.3) is 0 Å². The van der Waals surface area contributed by atoms with Gasteiger partial charge >= 0.3 is 16.1 Å². The van der Waals surface area contributed by atoms with Crippen LogP contribution in [0, 0.1) is 0 Å². The number of ketones is 1. The second kappa shape index (κ2) is 7.84. The summed E-state index contributed by atoms with van der Waals surface area (Å²) in [4.78, 5) is 25.0. The van der Waals surface area contributed by atoms with Crippen LogP contribution in [0.4, 0.5) is 0 Å². The molecule has 0 radical (unpaired) electrons. The number of esters is 1. The monoisotopic (exact) mass is 439 g/mol. The van der Waals surface area contributed by atoms with E-state index in [0.717, 1.165) is 0 Å². The smallest absolute Gasteiger partial charge is 0.337 e. The summed E-state index contributed by atoms with van der Waals surface area (Å²) < 4.78 is 40.1. The lowest BCUT2D eigenvalue weighted by molar-refractivity contribution is -0.126. The molecule has 2 aromatic rings. The highest BCUT2D eigenvalue weighted by Gasteiger charge is 2.51. The molecule has 0 aliphatic carbocycles. The highest BCUT2D eigenvalue weighted by atomic mass is 32.2. The van der Waals surface area contributed by atoms with Gasteiger partial charge in [-0.3, -0.25) is 4.79 Å². The molecule has 0 bridgehead atoms. The van der Waals surface area contributed by atoms with Crippen LogP contribution < -0.4 is 5.73 Å². The number of carbonyl (C=O) groups is 2. The SMILES string of the molecule is BC(B)(c1ccccc1)S(=O)(=O)OC1=C(N)O[C@@](B)(c2cccc(C(=O)OC)c2)C1=O. The Labute approximate surface area is 183 Å². The number of methoxy groups -OCH3 is 1. The van der Waals surface area contributed by atoms with Crippen molar-refractivity contribution in [2.75, 3.05) is 7.11 Å². The third kappa shape index (κ3) is 3.83. The number of Topliss-reactive ketones (excluding diaryl/α,β-unsaturated/α-hetero) is 1. The molecule has 0 spiro atoms. The predicted octanol–water partition coefficient (Wildman–Crippen LogP) is -1.59. The summed E-state index contributed by atoms with van der Waals surface area (Å²) >= 11 is 0. The fourth-order valence-corrected chi connectivity index (χ4v) is 4.18. The van der Waals surface area contributed by atoms with E-state index in [-0.39, 0.29) is 5.56 Å². The first-order valence-electron chi connectivity index (χ1n) is 9.36. The number of benzene rings is 2. The second-order valence-corrected chi connectivity index (χ2v) is 9.74. The van der Waals surface area contributed by atoms with E-state index in [4.69, 9.17) is 19.4 Å². The molecule has 0 saturated heterocycles. The highest BCUT2D eigenvalue weighted by molar-refractivity contribution is 7.90. The largest absolute Gasteiger partial charge is 0.467 e. The normalized spacial score (nSPS) is 19.1. The predicted molar refractivity (Wildman–Crippen MR) is 121 cm³/mol. The van der Waals surface area contributed by atoms with E-state index >= 15 is 0 Å². The van der Waals surface area contributed by atoms with Gasteiger partial charge in [0.1, 0.15) is 15.7 Å². The van der Waals surface area contributed by atoms with Crippen LogP contribution >= 0.6 is 0 Å². The molecule has 0 amide bonds. The highest BCUT2D eigenvalue weighted by Crippen LogP contribution is 2.38. The standard InChI is InChI=1S/C19H20B3NO7S/c1-28-17(25)11-6-5-9-13(10-11)18(20)15(24)14(16(23)29-18)30-31(26,27)19(21,22)12-7-3-2-4-8-12/h2-10H,20-23H2,1H3/t18-/m0/s1. The maximum atomic E-state index is 13.2. The van der Waals surface area contributed by atoms with E-state index in [1.54, 1.807) is 42.5 Å². The minimum atomic E-state index is -4.33. The van der Waals surface area contributed by atoms with Crippen molar-refractivity contribution in [3.8, 4) is 0 Å². The molecule has 1 heterocycles. The van der Waals surface area contributed by atoms with Gasteiger partial charge in [0.05, 0.1) is 17.2 Å². The molecule has 0 aromatic heterocycles. The van der Waals surface area contributed by atoms with Gasteiger partial charge in [0, 0.05) is 0 Å². The minimum Gasteiger partial charge on any atom is -0.467 e. The van der Waals surface area contributed by atoms with Gasteiger partial charge in [-0.25, -0.2) is 4.79 Å². The third-order valence-corrected chi connectivity index (χ3v) is 7.17. The zero-order valence-corrected chi connectivity index (χ0v) is 18.4. The molecule has 3 rings (SSSR count). The average molecular weight is 439 g/mol. The van der Waals surface area contributed by atoms with Crippen molar-refractivity contribution in [1.82, 2.24) is 0 Å². The summed E-state index contributed by atoms with van der Waals surface area (Å²) in [5.74, 6) is -2.43. The van der Waals surface area contributed by atoms with E-state index < -0.39 is 43.6 Å². The number of nitrogens with two attached hydrogens (primary N) is 1. The molecule has 31 heavy (non-hydrogen) atoms. The summed E-state index contributed by atoms with van der Waals surface area (Å²) in [5.41, 5.74) is 5.15. The van der Waals surface area contributed by atoms with Gasteiger partial charge < -0.3 is 19.4 Å². The Morgan fingerprint density at radius 2 is 1.77 bits per heavy atom. The Kier molecular flexibility index (Phi) is 5.71. The lowest BCUT2D eigenvalue weighted by Gasteiger charge is -2.26. The summed E-state index contributed by atoms with van der Waals surface area (Å²) in [6.07, 6.45) is 0. The Balaban J connectivity index is 1.94. The molecule has 0 unspecified atom stereocenters. The van der Waals surface area contributed by atoms with Crippen LogP contribution in [-0.2, 0) is 38.6 Å². The average Bonchev–Trinajstić information content (AvgIpc) is 2.97. The maximum absolute atomic E-state index is 13.2. The van der Waals surface area contributed by atoms with Crippen LogP contribution in [-0.4, -0.2) is 50.8 Å². The first kappa shape index (κ1) is 22.5. The van der Waals surface area contributed by atoms with Gasteiger partial charge in [-0.15, -0.1) is 0 Å². The molecule has 2 N–H and O–H groups in total. The number of rotatable bonds is 6. The Morgan fingerprint density at radius 3 is 2.39 bits per heavy atom. The molecule has 1 atom stereocenters. The molecule has 158 valence electrons. The first-order valence-corrected chi connectivity index (χ1v) is 10.8. The van der Waals surface area contributed by atoms with Crippen LogP contribution in [0.3, 0.4) is 0 Å². The fourth-order valence-electron chi connectivity index (χ4n) is 3.17. The first-order chi connectivity index (χ1) is 14.4. The molecule has 8 nitrogen and oxygen atoms in total. The molecule has 2 aromatic carbocycles. The van der Waals surface area contributed by atoms with Crippen molar-refractivity contribution in [1.29, 1.82) is 0 Å². The zero-order valence-electron chi connectivity index (χ0n) is 17.5.